The summed E-state index contributed by atoms with van der Waals surface area (Å²) in [6, 6.07) is 6.67. The highest BCUT2D eigenvalue weighted by Gasteiger charge is 2.19. The first-order valence-electron chi connectivity index (χ1n) is 6.09. The van der Waals surface area contributed by atoms with Gasteiger partial charge in [0, 0.05) is 18.3 Å². The molecule has 20 heavy (non-hydrogen) atoms. The molecular weight excluding hydrogens is 274 g/mol. The number of aryl methyl sites for hydroxylation is 2. The van der Waals surface area contributed by atoms with Crippen LogP contribution in [0.25, 0.3) is 0 Å². The van der Waals surface area contributed by atoms with Crippen molar-refractivity contribution in [2.24, 2.45) is 0 Å². The zero-order valence-corrected chi connectivity index (χ0v) is 12.1. The van der Waals surface area contributed by atoms with E-state index in [1.54, 1.807) is 35.8 Å². The Labute approximate surface area is 118 Å². The predicted molar refractivity (Wildman–Crippen MR) is 77.8 cm³/mol. The van der Waals surface area contributed by atoms with E-state index in [2.05, 4.69) is 15.6 Å². The fraction of sp³-hybridized carbons (Fsp3) is 0.214. The minimum Gasteiger partial charge on any atom is -0.334 e. The maximum absolute atomic E-state index is 12.2. The topological polar surface area (TPSA) is 64.0 Å². The molecule has 1 heterocycles. The van der Waals surface area contributed by atoms with Crippen molar-refractivity contribution in [1.82, 2.24) is 9.55 Å². The van der Waals surface area contributed by atoms with Gasteiger partial charge in [-0.05, 0) is 32.0 Å². The minimum absolute atomic E-state index is 0.00274. The summed E-state index contributed by atoms with van der Waals surface area (Å²) in [7, 11) is -3.70. The maximum Gasteiger partial charge on any atom is 0.280 e. The Morgan fingerprint density at radius 2 is 2.20 bits per heavy atom. The zero-order valence-electron chi connectivity index (χ0n) is 11.3. The van der Waals surface area contributed by atoms with Crippen LogP contribution in [0, 0.1) is 19.3 Å². The number of sulfonamides is 1. The van der Waals surface area contributed by atoms with Gasteiger partial charge in [0.25, 0.3) is 10.0 Å². The summed E-state index contributed by atoms with van der Waals surface area (Å²) < 4.78 is 28.7. The van der Waals surface area contributed by atoms with Gasteiger partial charge >= 0.3 is 0 Å². The van der Waals surface area contributed by atoms with Gasteiger partial charge in [0.1, 0.15) is 5.82 Å². The summed E-state index contributed by atoms with van der Waals surface area (Å²) in [4.78, 5) is 4.06. The van der Waals surface area contributed by atoms with Gasteiger partial charge in [0.2, 0.25) is 0 Å². The number of terminal acetylenes is 1. The Bertz CT molecular complexity index is 770. The summed E-state index contributed by atoms with van der Waals surface area (Å²) in [5.41, 5.74) is 1.03. The summed E-state index contributed by atoms with van der Waals surface area (Å²) in [6.45, 7) is 4.36. The van der Waals surface area contributed by atoms with Crippen molar-refractivity contribution in [2.45, 2.75) is 25.4 Å². The molecule has 0 aliphatic rings. The molecule has 5 nitrogen and oxygen atoms in total. The van der Waals surface area contributed by atoms with E-state index in [-0.39, 0.29) is 5.03 Å². The third kappa shape index (κ3) is 2.83. The Balaban J connectivity index is 2.33. The van der Waals surface area contributed by atoms with E-state index in [0.717, 1.165) is 0 Å². The van der Waals surface area contributed by atoms with Crippen LogP contribution >= 0.6 is 0 Å². The molecule has 0 bridgehead atoms. The van der Waals surface area contributed by atoms with Crippen LogP contribution < -0.4 is 4.72 Å². The molecule has 104 valence electrons. The van der Waals surface area contributed by atoms with Gasteiger partial charge in [0.15, 0.2) is 5.03 Å². The third-order valence-corrected chi connectivity index (χ3v) is 4.10. The van der Waals surface area contributed by atoms with Crippen molar-refractivity contribution < 1.29 is 8.42 Å². The highest BCUT2D eigenvalue weighted by Crippen LogP contribution is 2.16. The van der Waals surface area contributed by atoms with Crippen LogP contribution in [0.4, 0.5) is 5.69 Å². The number of imidazole rings is 1. The van der Waals surface area contributed by atoms with Gasteiger partial charge in [-0.3, -0.25) is 4.72 Å². The number of nitrogens with zero attached hydrogens (tertiary/aromatic N) is 2. The molecule has 0 fully saturated rings. The van der Waals surface area contributed by atoms with Crippen LogP contribution in [0.5, 0.6) is 0 Å². The molecule has 0 atom stereocenters. The average molecular weight is 289 g/mol. The lowest BCUT2D eigenvalue weighted by Crippen LogP contribution is -2.13. The number of nitrogens with one attached hydrogen (secondary N) is 1. The van der Waals surface area contributed by atoms with Crippen LogP contribution in [0.15, 0.2) is 35.5 Å². The van der Waals surface area contributed by atoms with Gasteiger partial charge in [-0.1, -0.05) is 12.0 Å². The van der Waals surface area contributed by atoms with E-state index in [4.69, 9.17) is 6.42 Å². The second-order valence-corrected chi connectivity index (χ2v) is 5.87. The molecule has 0 aliphatic carbocycles. The van der Waals surface area contributed by atoms with Crippen LogP contribution in [0.2, 0.25) is 0 Å². The summed E-state index contributed by atoms with van der Waals surface area (Å²) in [5.74, 6) is 3.12. The van der Waals surface area contributed by atoms with E-state index in [0.29, 0.717) is 23.6 Å². The summed E-state index contributed by atoms with van der Waals surface area (Å²) in [5, 5.41) is 0.00274. The quantitative estimate of drug-likeness (QED) is 0.876. The van der Waals surface area contributed by atoms with E-state index in [1.165, 1.54) is 6.20 Å². The largest absolute Gasteiger partial charge is 0.334 e. The van der Waals surface area contributed by atoms with Crippen molar-refractivity contribution in [3.63, 3.8) is 0 Å². The van der Waals surface area contributed by atoms with Crippen molar-refractivity contribution in [3.05, 3.63) is 41.9 Å². The van der Waals surface area contributed by atoms with Crippen LogP contribution in [-0.2, 0) is 16.6 Å². The molecule has 0 unspecified atom stereocenters. The summed E-state index contributed by atoms with van der Waals surface area (Å²) >= 11 is 0. The fourth-order valence-electron chi connectivity index (χ4n) is 1.81. The third-order valence-electron chi connectivity index (χ3n) is 2.85. The highest BCUT2D eigenvalue weighted by atomic mass is 32.2. The average Bonchev–Trinajstić information content (AvgIpc) is 2.80. The molecule has 0 amide bonds. The first kappa shape index (κ1) is 14.2. The predicted octanol–water partition coefficient (Wildman–Crippen LogP) is 1.99. The second kappa shape index (κ2) is 5.39. The van der Waals surface area contributed by atoms with Crippen molar-refractivity contribution in [2.75, 3.05) is 4.72 Å². The second-order valence-electron chi connectivity index (χ2n) is 4.24. The van der Waals surface area contributed by atoms with Crippen LogP contribution in [0.1, 0.15) is 18.3 Å². The maximum atomic E-state index is 12.2. The van der Waals surface area contributed by atoms with Gasteiger partial charge in [-0.25, -0.2) is 4.98 Å². The molecule has 0 saturated carbocycles. The SMILES string of the molecule is C#Cc1cccc(NS(=O)(=O)c2cn(CC)c(C)n2)c1. The molecule has 0 aliphatic heterocycles. The van der Waals surface area contributed by atoms with Crippen LogP contribution in [-0.4, -0.2) is 18.0 Å². The number of rotatable bonds is 4. The molecule has 0 radical (unpaired) electrons. The minimum atomic E-state index is -3.70. The van der Waals surface area contributed by atoms with Crippen molar-refractivity contribution in [3.8, 4) is 12.3 Å². The lowest BCUT2D eigenvalue weighted by atomic mass is 10.2. The molecule has 2 aromatic rings. The first-order chi connectivity index (χ1) is 9.46. The molecule has 2 rings (SSSR count). The smallest absolute Gasteiger partial charge is 0.280 e. The summed E-state index contributed by atoms with van der Waals surface area (Å²) in [6.07, 6.45) is 6.81. The van der Waals surface area contributed by atoms with Crippen molar-refractivity contribution in [1.29, 1.82) is 0 Å². The molecular formula is C14H15N3O2S. The van der Waals surface area contributed by atoms with Gasteiger partial charge in [-0.2, -0.15) is 8.42 Å². The van der Waals surface area contributed by atoms with Crippen LogP contribution in [0.3, 0.4) is 0 Å². The monoisotopic (exact) mass is 289 g/mol. The Morgan fingerprint density at radius 1 is 1.45 bits per heavy atom. The molecule has 0 spiro atoms. The number of benzene rings is 1. The fourth-order valence-corrected chi connectivity index (χ4v) is 2.87. The number of aromatic nitrogens is 2. The zero-order chi connectivity index (χ0) is 14.8. The number of hydrogen-bond acceptors (Lipinski definition) is 3. The highest BCUT2D eigenvalue weighted by molar-refractivity contribution is 7.92. The lowest BCUT2D eigenvalue weighted by Gasteiger charge is -2.05. The molecule has 1 N–H and O–H groups in total. The van der Waals surface area contributed by atoms with Gasteiger partial charge in [0.05, 0.1) is 5.69 Å². The standard InChI is InChI=1S/C14H15N3O2S/c1-4-12-7-6-8-13(9-12)16-20(18,19)14-10-17(5-2)11(3)15-14/h1,6-10,16H,5H2,2-3H3. The molecule has 0 saturated heterocycles. The number of anilines is 1. The van der Waals surface area contributed by atoms with E-state index in [9.17, 15) is 8.42 Å². The Morgan fingerprint density at radius 3 is 2.80 bits per heavy atom. The Kier molecular flexibility index (Phi) is 3.81. The lowest BCUT2D eigenvalue weighted by molar-refractivity contribution is 0.598. The Hall–Kier alpha value is -2.26. The molecule has 6 heteroatoms. The van der Waals surface area contributed by atoms with Crippen molar-refractivity contribution >= 4 is 15.7 Å². The van der Waals surface area contributed by atoms with Gasteiger partial charge in [-0.15, -0.1) is 6.42 Å². The number of hydrogen-bond donors (Lipinski definition) is 1. The van der Waals surface area contributed by atoms with E-state index >= 15 is 0 Å². The first-order valence-corrected chi connectivity index (χ1v) is 7.58. The van der Waals surface area contributed by atoms with Gasteiger partial charge < -0.3 is 4.57 Å². The molecule has 1 aromatic carbocycles. The van der Waals surface area contributed by atoms with E-state index in [1.807, 2.05) is 6.92 Å². The molecule has 1 aromatic heterocycles. The normalized spacial score (nSPS) is 11.1. The van der Waals surface area contributed by atoms with E-state index < -0.39 is 10.0 Å².